The average Bonchev–Trinajstić information content (AvgIpc) is 2.82. The summed E-state index contributed by atoms with van der Waals surface area (Å²) < 4.78 is 5.06. The molecule has 2 aromatic rings. The molecule has 0 radical (unpaired) electrons. The molecule has 0 atom stereocenters. The van der Waals surface area contributed by atoms with Gasteiger partial charge in [0.2, 0.25) is 17.7 Å². The van der Waals surface area contributed by atoms with Crippen LogP contribution < -0.4 is 14.5 Å². The maximum absolute atomic E-state index is 12.6. The van der Waals surface area contributed by atoms with Gasteiger partial charge in [0.05, 0.1) is 7.11 Å². The van der Waals surface area contributed by atoms with Gasteiger partial charge in [-0.05, 0) is 36.2 Å². The van der Waals surface area contributed by atoms with Crippen LogP contribution in [0.1, 0.15) is 25.3 Å². The van der Waals surface area contributed by atoms with E-state index in [2.05, 4.69) is 9.88 Å². The Morgan fingerprint density at radius 2 is 1.77 bits per heavy atom. The molecule has 0 aliphatic carbocycles. The minimum atomic E-state index is 0.0975. The maximum Gasteiger partial charge on any atom is 0.226 e. The molecule has 160 valence electrons. The third-order valence-corrected chi connectivity index (χ3v) is 5.55. The molecule has 2 amide bonds. The summed E-state index contributed by atoms with van der Waals surface area (Å²) in [6, 6.07) is 11.8. The van der Waals surface area contributed by atoms with E-state index in [1.807, 2.05) is 48.2 Å². The van der Waals surface area contributed by atoms with E-state index in [9.17, 15) is 9.59 Å². The van der Waals surface area contributed by atoms with Crippen LogP contribution in [0.4, 0.5) is 11.4 Å². The molecule has 0 unspecified atom stereocenters. The second-order valence-electron chi connectivity index (χ2n) is 7.40. The van der Waals surface area contributed by atoms with E-state index in [1.165, 1.54) is 0 Å². The lowest BCUT2D eigenvalue weighted by atomic mass is 10.1. The van der Waals surface area contributed by atoms with E-state index >= 15 is 0 Å². The summed E-state index contributed by atoms with van der Waals surface area (Å²) in [5.41, 5.74) is 3.05. The molecule has 0 N–H and O–H groups in total. The molecule has 0 bridgehead atoms. The molecule has 1 saturated heterocycles. The topological polar surface area (TPSA) is 66.0 Å². The number of amides is 2. The lowest BCUT2D eigenvalue weighted by Crippen LogP contribution is -2.48. The highest BCUT2D eigenvalue weighted by molar-refractivity contribution is 5.92. The Balaban J connectivity index is 1.47. The smallest absolute Gasteiger partial charge is 0.226 e. The molecule has 0 saturated carbocycles. The molecule has 0 spiro atoms. The summed E-state index contributed by atoms with van der Waals surface area (Å²) >= 11 is 0. The van der Waals surface area contributed by atoms with Gasteiger partial charge in [-0.2, -0.15) is 0 Å². The quantitative estimate of drug-likeness (QED) is 0.702. The number of carbonyl (C=O) groups is 2. The SMILES string of the molecule is CCC(=O)N(C)c1ccc(N2CCN(C(=O)CCc3ccc(OC)nc3)CC2)cc1. The van der Waals surface area contributed by atoms with Crippen LogP contribution in [0.25, 0.3) is 0 Å². The zero-order valence-corrected chi connectivity index (χ0v) is 18.0. The van der Waals surface area contributed by atoms with Crippen LogP contribution in [-0.4, -0.2) is 62.0 Å². The van der Waals surface area contributed by atoms with E-state index < -0.39 is 0 Å². The van der Waals surface area contributed by atoms with Crippen molar-refractivity contribution in [2.75, 3.05) is 50.1 Å². The van der Waals surface area contributed by atoms with Gasteiger partial charge in [0, 0.05) is 69.7 Å². The van der Waals surface area contributed by atoms with Crippen molar-refractivity contribution in [3.05, 3.63) is 48.2 Å². The summed E-state index contributed by atoms with van der Waals surface area (Å²) in [6.07, 6.45) is 3.42. The molecule has 1 aliphatic heterocycles. The second kappa shape index (κ2) is 10.1. The van der Waals surface area contributed by atoms with Gasteiger partial charge in [-0.3, -0.25) is 9.59 Å². The molecule has 1 aromatic heterocycles. The zero-order chi connectivity index (χ0) is 21.5. The third-order valence-electron chi connectivity index (χ3n) is 5.55. The van der Waals surface area contributed by atoms with Gasteiger partial charge in [0.25, 0.3) is 0 Å². The van der Waals surface area contributed by atoms with Crippen molar-refractivity contribution >= 4 is 23.2 Å². The first kappa shape index (κ1) is 21.6. The molecular formula is C23H30N4O3. The van der Waals surface area contributed by atoms with E-state index in [4.69, 9.17) is 4.74 Å². The predicted molar refractivity (Wildman–Crippen MR) is 118 cm³/mol. The number of hydrogen-bond donors (Lipinski definition) is 0. The van der Waals surface area contributed by atoms with Gasteiger partial charge in [-0.1, -0.05) is 13.0 Å². The fourth-order valence-electron chi connectivity index (χ4n) is 3.57. The number of hydrogen-bond acceptors (Lipinski definition) is 5. The Kier molecular flexibility index (Phi) is 7.27. The van der Waals surface area contributed by atoms with Crippen LogP contribution >= 0.6 is 0 Å². The Bertz CT molecular complexity index is 844. The van der Waals surface area contributed by atoms with Crippen LogP contribution in [0, 0.1) is 0 Å². The highest BCUT2D eigenvalue weighted by Gasteiger charge is 2.21. The van der Waals surface area contributed by atoms with Crippen molar-refractivity contribution in [3.63, 3.8) is 0 Å². The number of ether oxygens (including phenoxy) is 1. The highest BCUT2D eigenvalue weighted by atomic mass is 16.5. The molecular weight excluding hydrogens is 380 g/mol. The van der Waals surface area contributed by atoms with Crippen LogP contribution in [0.3, 0.4) is 0 Å². The first-order valence-corrected chi connectivity index (χ1v) is 10.4. The lowest BCUT2D eigenvalue weighted by molar-refractivity contribution is -0.131. The number of methoxy groups -OCH3 is 1. The number of benzene rings is 1. The second-order valence-corrected chi connectivity index (χ2v) is 7.40. The highest BCUT2D eigenvalue weighted by Crippen LogP contribution is 2.22. The number of aryl methyl sites for hydroxylation is 1. The summed E-state index contributed by atoms with van der Waals surface area (Å²) in [7, 11) is 3.39. The van der Waals surface area contributed by atoms with Crippen molar-refractivity contribution < 1.29 is 14.3 Å². The van der Waals surface area contributed by atoms with E-state index in [-0.39, 0.29) is 11.8 Å². The van der Waals surface area contributed by atoms with Crippen LogP contribution in [-0.2, 0) is 16.0 Å². The van der Waals surface area contributed by atoms with Crippen molar-refractivity contribution in [1.29, 1.82) is 0 Å². The van der Waals surface area contributed by atoms with Crippen molar-refractivity contribution in [3.8, 4) is 5.88 Å². The molecule has 30 heavy (non-hydrogen) atoms. The normalized spacial score (nSPS) is 13.8. The fourth-order valence-corrected chi connectivity index (χ4v) is 3.57. The minimum absolute atomic E-state index is 0.0975. The molecule has 7 heteroatoms. The van der Waals surface area contributed by atoms with Crippen molar-refractivity contribution in [2.24, 2.45) is 0 Å². The largest absolute Gasteiger partial charge is 0.481 e. The number of carbonyl (C=O) groups excluding carboxylic acids is 2. The predicted octanol–water partition coefficient (Wildman–Crippen LogP) is 2.74. The average molecular weight is 411 g/mol. The number of rotatable bonds is 7. The first-order valence-electron chi connectivity index (χ1n) is 10.4. The first-order chi connectivity index (χ1) is 14.5. The molecule has 7 nitrogen and oxygen atoms in total. The zero-order valence-electron chi connectivity index (χ0n) is 18.0. The van der Waals surface area contributed by atoms with Gasteiger partial charge in [0.1, 0.15) is 0 Å². The van der Waals surface area contributed by atoms with Crippen LogP contribution in [0.5, 0.6) is 5.88 Å². The fraction of sp³-hybridized carbons (Fsp3) is 0.435. The van der Waals surface area contributed by atoms with Gasteiger partial charge in [-0.15, -0.1) is 0 Å². The third kappa shape index (κ3) is 5.28. The molecule has 2 heterocycles. The molecule has 3 rings (SSSR count). The molecule has 1 fully saturated rings. The van der Waals surface area contributed by atoms with Crippen LogP contribution in [0.2, 0.25) is 0 Å². The van der Waals surface area contributed by atoms with Gasteiger partial charge in [0.15, 0.2) is 0 Å². The summed E-state index contributed by atoms with van der Waals surface area (Å²) in [5, 5.41) is 0. The van der Waals surface area contributed by atoms with Crippen LogP contribution in [0.15, 0.2) is 42.6 Å². The maximum atomic E-state index is 12.6. The summed E-state index contributed by atoms with van der Waals surface area (Å²) in [6.45, 7) is 4.91. The molecule has 1 aliphatic rings. The summed E-state index contributed by atoms with van der Waals surface area (Å²) in [4.78, 5) is 34.5. The number of piperazine rings is 1. The number of aromatic nitrogens is 1. The van der Waals surface area contributed by atoms with Crippen molar-refractivity contribution in [1.82, 2.24) is 9.88 Å². The Labute approximate surface area is 178 Å². The summed E-state index contributed by atoms with van der Waals surface area (Å²) in [5.74, 6) is 0.860. The minimum Gasteiger partial charge on any atom is -0.481 e. The van der Waals surface area contributed by atoms with Gasteiger partial charge >= 0.3 is 0 Å². The van der Waals surface area contributed by atoms with Gasteiger partial charge in [-0.25, -0.2) is 4.98 Å². The Morgan fingerprint density at radius 1 is 1.07 bits per heavy atom. The van der Waals surface area contributed by atoms with E-state index in [1.54, 1.807) is 25.3 Å². The van der Waals surface area contributed by atoms with E-state index in [0.717, 1.165) is 43.1 Å². The number of anilines is 2. The number of nitrogens with zero attached hydrogens (tertiary/aromatic N) is 4. The lowest BCUT2D eigenvalue weighted by Gasteiger charge is -2.36. The van der Waals surface area contributed by atoms with Crippen molar-refractivity contribution in [2.45, 2.75) is 26.2 Å². The van der Waals surface area contributed by atoms with E-state index in [0.29, 0.717) is 25.1 Å². The Morgan fingerprint density at radius 3 is 2.33 bits per heavy atom. The molecule has 1 aromatic carbocycles. The van der Waals surface area contributed by atoms with Gasteiger partial charge < -0.3 is 19.4 Å². The Hall–Kier alpha value is -3.09. The monoisotopic (exact) mass is 410 g/mol. The standard InChI is InChI=1S/C23H30N4O3/c1-4-22(28)25(2)19-7-9-20(10-8-19)26-13-15-27(16-14-26)23(29)12-6-18-5-11-21(30-3)24-17-18/h5,7-11,17H,4,6,12-16H2,1-3H3. The number of pyridine rings is 1.